The molecule has 0 atom stereocenters. The van der Waals surface area contributed by atoms with Crippen molar-refractivity contribution in [2.24, 2.45) is 0 Å². The van der Waals surface area contributed by atoms with Gasteiger partial charge in [0.2, 0.25) is 10.0 Å². The van der Waals surface area contributed by atoms with Crippen molar-refractivity contribution in [3.8, 4) is 0 Å². The van der Waals surface area contributed by atoms with Gasteiger partial charge in [-0.1, -0.05) is 13.3 Å². The zero-order valence-corrected chi connectivity index (χ0v) is 21.7. The lowest BCUT2D eigenvalue weighted by Gasteiger charge is -2.22. The predicted molar refractivity (Wildman–Crippen MR) is 132 cm³/mol. The van der Waals surface area contributed by atoms with E-state index >= 15 is 0 Å². The monoisotopic (exact) mass is 515 g/mol. The number of nitrogens with one attached hydrogen (secondary N) is 1. The van der Waals surface area contributed by atoms with E-state index in [1.807, 2.05) is 14.0 Å². The van der Waals surface area contributed by atoms with E-state index in [9.17, 15) is 18.0 Å². The number of carbonyl (C=O) groups is 2. The number of amides is 1. The van der Waals surface area contributed by atoms with Crippen molar-refractivity contribution in [1.82, 2.24) is 9.21 Å². The Hall–Kier alpha value is -1.98. The van der Waals surface area contributed by atoms with Gasteiger partial charge in [-0.25, -0.2) is 17.5 Å². The van der Waals surface area contributed by atoms with Crippen molar-refractivity contribution in [3.63, 3.8) is 0 Å². The number of likely N-dealkylation sites (N-methyl/N-ethyl adjacent to an activating group) is 1. The summed E-state index contributed by atoms with van der Waals surface area (Å²) in [4.78, 5) is 28.6. The van der Waals surface area contributed by atoms with Crippen LogP contribution in [0.4, 0.5) is 5.00 Å². The number of carbonyl (C=O) groups excluding carboxylic acids is 2. The quantitative estimate of drug-likeness (QED) is 0.539. The van der Waals surface area contributed by atoms with Gasteiger partial charge in [-0.2, -0.15) is 0 Å². The molecule has 0 bridgehead atoms. The number of esters is 1. The maximum Gasteiger partial charge on any atom is 0.341 e. The highest BCUT2D eigenvalue weighted by atomic mass is 35.5. The van der Waals surface area contributed by atoms with Gasteiger partial charge in [-0.05, 0) is 49.7 Å². The second kappa shape index (κ2) is 11.4. The van der Waals surface area contributed by atoms with Gasteiger partial charge in [0.25, 0.3) is 5.91 Å². The van der Waals surface area contributed by atoms with E-state index in [1.54, 1.807) is 7.05 Å². The molecule has 0 radical (unpaired) electrons. The summed E-state index contributed by atoms with van der Waals surface area (Å²) in [5.74, 6) is -0.885. The van der Waals surface area contributed by atoms with Crippen LogP contribution in [0.15, 0.2) is 29.2 Å². The maximum atomic E-state index is 12.9. The molecule has 1 amide bonds. The Kier molecular flexibility index (Phi) is 9.45. The van der Waals surface area contributed by atoms with Crippen molar-refractivity contribution in [2.45, 2.75) is 37.6 Å². The van der Waals surface area contributed by atoms with Crippen LogP contribution < -0.4 is 5.32 Å². The molecule has 33 heavy (non-hydrogen) atoms. The summed E-state index contributed by atoms with van der Waals surface area (Å²) < 4.78 is 31.6. The molecule has 1 aromatic heterocycles. The third-order valence-corrected chi connectivity index (χ3v) is 8.52. The van der Waals surface area contributed by atoms with Crippen LogP contribution in [0, 0.1) is 0 Å². The number of nitrogens with zero attached hydrogens (tertiary/aromatic N) is 2. The van der Waals surface area contributed by atoms with E-state index < -0.39 is 21.9 Å². The first kappa shape index (κ1) is 27.3. The predicted octanol–water partition coefficient (Wildman–Crippen LogP) is 3.62. The summed E-state index contributed by atoms with van der Waals surface area (Å²) >= 11 is 1.37. The van der Waals surface area contributed by atoms with E-state index in [0.717, 1.165) is 29.8 Å². The zero-order chi connectivity index (χ0) is 23.5. The molecule has 1 aromatic carbocycles. The van der Waals surface area contributed by atoms with Crippen LogP contribution in [0.3, 0.4) is 0 Å². The Morgan fingerprint density at radius 2 is 1.91 bits per heavy atom. The van der Waals surface area contributed by atoms with E-state index in [0.29, 0.717) is 35.6 Å². The minimum atomic E-state index is -3.60. The highest BCUT2D eigenvalue weighted by Gasteiger charge is 2.28. The molecule has 2 aromatic rings. The first-order valence-corrected chi connectivity index (χ1v) is 12.7. The fourth-order valence-electron chi connectivity index (χ4n) is 3.57. The number of unbranched alkanes of at least 4 members (excludes halogenated alkanes) is 1. The number of thiophene rings is 1. The molecule has 2 heterocycles. The molecule has 182 valence electrons. The number of ether oxygens (including phenoxy) is 1. The summed E-state index contributed by atoms with van der Waals surface area (Å²) in [7, 11) is 1.28. The maximum absolute atomic E-state index is 12.9. The largest absolute Gasteiger partial charge is 0.465 e. The molecule has 0 fully saturated rings. The minimum absolute atomic E-state index is 0. The topological polar surface area (TPSA) is 96.0 Å². The molecular weight excluding hydrogens is 486 g/mol. The zero-order valence-electron chi connectivity index (χ0n) is 19.2. The summed E-state index contributed by atoms with van der Waals surface area (Å²) in [5.41, 5.74) is 1.64. The number of benzene rings is 1. The van der Waals surface area contributed by atoms with Crippen molar-refractivity contribution >= 4 is 50.6 Å². The Morgan fingerprint density at radius 3 is 2.52 bits per heavy atom. The fourth-order valence-corrected chi connectivity index (χ4v) is 6.09. The SMILES string of the molecule is CCCCN(C)S(=O)(=O)c1ccc(C(=O)Nc2sc3c(c2C(=O)OC)CCN(C)C3)cc1.Cl. The van der Waals surface area contributed by atoms with Gasteiger partial charge in [0.15, 0.2) is 0 Å². The molecule has 1 N–H and O–H groups in total. The van der Waals surface area contributed by atoms with Gasteiger partial charge in [-0.15, -0.1) is 23.7 Å². The number of methoxy groups -OCH3 is 1. The summed E-state index contributed by atoms with van der Waals surface area (Å²) in [6.45, 7) is 3.97. The normalized spacial score (nSPS) is 13.8. The van der Waals surface area contributed by atoms with Crippen LogP contribution in [0.5, 0.6) is 0 Å². The second-order valence-electron chi connectivity index (χ2n) is 7.85. The lowest BCUT2D eigenvalue weighted by molar-refractivity contribution is 0.0600. The molecule has 11 heteroatoms. The average molecular weight is 516 g/mol. The van der Waals surface area contributed by atoms with Gasteiger partial charge in [0.1, 0.15) is 5.00 Å². The van der Waals surface area contributed by atoms with Crippen molar-refractivity contribution in [2.75, 3.05) is 39.6 Å². The van der Waals surface area contributed by atoms with Crippen LogP contribution in [0.2, 0.25) is 0 Å². The third-order valence-electron chi connectivity index (χ3n) is 5.52. The van der Waals surface area contributed by atoms with Gasteiger partial charge in [0.05, 0.1) is 17.6 Å². The van der Waals surface area contributed by atoms with Crippen molar-refractivity contribution in [3.05, 3.63) is 45.8 Å². The van der Waals surface area contributed by atoms with Crippen LogP contribution in [-0.2, 0) is 27.7 Å². The molecule has 0 saturated heterocycles. The summed E-state index contributed by atoms with van der Waals surface area (Å²) in [6.07, 6.45) is 2.38. The number of halogens is 1. The number of sulfonamides is 1. The first-order chi connectivity index (χ1) is 15.2. The van der Waals surface area contributed by atoms with Gasteiger partial charge in [0, 0.05) is 37.1 Å². The molecule has 1 aliphatic heterocycles. The lowest BCUT2D eigenvalue weighted by atomic mass is 10.0. The van der Waals surface area contributed by atoms with Gasteiger partial charge in [-0.3, -0.25) is 4.79 Å². The molecular formula is C22H30ClN3O5S2. The van der Waals surface area contributed by atoms with E-state index in [2.05, 4.69) is 10.2 Å². The minimum Gasteiger partial charge on any atom is -0.465 e. The van der Waals surface area contributed by atoms with E-state index in [-0.39, 0.29) is 17.3 Å². The Labute approximate surface area is 205 Å². The van der Waals surface area contributed by atoms with Gasteiger partial charge < -0.3 is 15.0 Å². The third kappa shape index (κ3) is 5.93. The molecule has 0 unspecified atom stereocenters. The molecule has 8 nitrogen and oxygen atoms in total. The fraction of sp³-hybridized carbons (Fsp3) is 0.455. The number of hydrogen-bond acceptors (Lipinski definition) is 7. The Morgan fingerprint density at radius 1 is 1.24 bits per heavy atom. The van der Waals surface area contributed by atoms with Gasteiger partial charge >= 0.3 is 5.97 Å². The number of rotatable bonds is 8. The van der Waals surface area contributed by atoms with Crippen LogP contribution in [-0.4, -0.2) is 63.8 Å². The second-order valence-corrected chi connectivity index (χ2v) is 11.0. The standard InChI is InChI=1S/C22H29N3O5S2.ClH/c1-5-6-12-25(3)32(28,29)16-9-7-15(8-10-16)20(26)23-21-19(22(27)30-4)17-11-13-24(2)14-18(17)31-21;/h7-10H,5-6,11-14H2,1-4H3,(H,23,26);1H. The molecule has 3 rings (SSSR count). The molecule has 0 spiro atoms. The number of fused-ring (bicyclic) bond motifs is 1. The number of anilines is 1. The summed E-state index contributed by atoms with van der Waals surface area (Å²) in [6, 6.07) is 5.83. The highest BCUT2D eigenvalue weighted by Crippen LogP contribution is 2.37. The molecule has 1 aliphatic rings. The highest BCUT2D eigenvalue weighted by molar-refractivity contribution is 7.89. The van der Waals surface area contributed by atoms with Crippen molar-refractivity contribution < 1.29 is 22.7 Å². The average Bonchev–Trinajstić information content (AvgIpc) is 3.13. The van der Waals surface area contributed by atoms with E-state index in [1.165, 1.54) is 47.0 Å². The van der Waals surface area contributed by atoms with Crippen LogP contribution in [0.1, 0.15) is 50.9 Å². The molecule has 0 aliphatic carbocycles. The Balaban J connectivity index is 0.00000385. The number of hydrogen-bond donors (Lipinski definition) is 1. The summed E-state index contributed by atoms with van der Waals surface area (Å²) in [5, 5.41) is 3.28. The van der Waals surface area contributed by atoms with Crippen molar-refractivity contribution in [1.29, 1.82) is 0 Å². The first-order valence-electron chi connectivity index (χ1n) is 10.5. The van der Waals surface area contributed by atoms with Crippen LogP contribution >= 0.6 is 23.7 Å². The molecule has 0 saturated carbocycles. The smallest absolute Gasteiger partial charge is 0.341 e. The van der Waals surface area contributed by atoms with Crippen LogP contribution in [0.25, 0.3) is 0 Å². The lowest BCUT2D eigenvalue weighted by Crippen LogP contribution is -2.28. The Bertz CT molecular complexity index is 1100. The van der Waals surface area contributed by atoms with E-state index in [4.69, 9.17) is 4.74 Å².